The van der Waals surface area contributed by atoms with Gasteiger partial charge in [0.1, 0.15) is 5.69 Å². The van der Waals surface area contributed by atoms with Gasteiger partial charge in [0, 0.05) is 19.2 Å². The number of carbonyl (C=O) groups is 1. The second-order valence-corrected chi connectivity index (χ2v) is 8.25. The molecule has 0 radical (unpaired) electrons. The Morgan fingerprint density at radius 1 is 1.46 bits per heavy atom. The highest BCUT2D eigenvalue weighted by Gasteiger charge is 2.16. The van der Waals surface area contributed by atoms with E-state index in [-0.39, 0.29) is 4.90 Å². The Kier molecular flexibility index (Phi) is 4.65. The van der Waals surface area contributed by atoms with E-state index in [9.17, 15) is 13.2 Å². The molecule has 3 rings (SSSR count). The average molecular weight is 391 g/mol. The molecule has 0 spiro atoms. The average Bonchev–Trinajstić information content (AvgIpc) is 3.06. The zero-order valence-corrected chi connectivity index (χ0v) is 15.8. The lowest BCUT2D eigenvalue weighted by molar-refractivity contribution is 0.0988. The van der Waals surface area contributed by atoms with E-state index in [2.05, 4.69) is 16.7 Å². The number of thiazole rings is 1. The SMILES string of the molecule is C=CCn1c(=NC(=O)c2c(C)cnn2C)sc2cc(S(N)(=O)=O)ccc21. The second kappa shape index (κ2) is 6.63. The van der Waals surface area contributed by atoms with Crippen LogP contribution >= 0.6 is 11.3 Å². The summed E-state index contributed by atoms with van der Waals surface area (Å²) in [5, 5.41) is 9.25. The summed E-state index contributed by atoms with van der Waals surface area (Å²) in [4.78, 5) is 17.3. The lowest BCUT2D eigenvalue weighted by atomic mass is 10.3. The molecule has 10 heteroatoms. The van der Waals surface area contributed by atoms with Gasteiger partial charge in [0.05, 0.1) is 21.3 Å². The number of hydrogen-bond donors (Lipinski definition) is 1. The molecular weight excluding hydrogens is 374 g/mol. The van der Waals surface area contributed by atoms with Crippen LogP contribution in [0.4, 0.5) is 0 Å². The van der Waals surface area contributed by atoms with E-state index in [1.54, 1.807) is 36.9 Å². The van der Waals surface area contributed by atoms with Crippen molar-refractivity contribution in [3.8, 4) is 0 Å². The summed E-state index contributed by atoms with van der Waals surface area (Å²) >= 11 is 1.21. The van der Waals surface area contributed by atoms with Gasteiger partial charge in [-0.2, -0.15) is 10.1 Å². The first-order chi connectivity index (χ1) is 12.2. The summed E-state index contributed by atoms with van der Waals surface area (Å²) in [7, 11) is -2.13. The lowest BCUT2D eigenvalue weighted by Gasteiger charge is -2.02. The fourth-order valence-electron chi connectivity index (χ4n) is 2.62. The van der Waals surface area contributed by atoms with Gasteiger partial charge in [-0.05, 0) is 25.1 Å². The van der Waals surface area contributed by atoms with Gasteiger partial charge >= 0.3 is 0 Å². The Bertz CT molecular complexity index is 1180. The van der Waals surface area contributed by atoms with Crippen LogP contribution in [0.5, 0.6) is 0 Å². The Balaban J connectivity index is 2.23. The first kappa shape index (κ1) is 18.2. The van der Waals surface area contributed by atoms with Crippen molar-refractivity contribution >= 4 is 37.5 Å². The molecule has 0 aliphatic carbocycles. The maximum absolute atomic E-state index is 12.6. The number of nitrogens with zero attached hydrogens (tertiary/aromatic N) is 4. The molecule has 1 amide bonds. The predicted octanol–water partition coefficient (Wildman–Crippen LogP) is 1.32. The van der Waals surface area contributed by atoms with Crippen molar-refractivity contribution in [2.24, 2.45) is 17.2 Å². The molecule has 26 heavy (non-hydrogen) atoms. The van der Waals surface area contributed by atoms with Crippen molar-refractivity contribution < 1.29 is 13.2 Å². The van der Waals surface area contributed by atoms with E-state index in [1.807, 2.05) is 0 Å². The third-order valence-corrected chi connectivity index (χ3v) is 5.77. The zero-order valence-electron chi connectivity index (χ0n) is 14.2. The van der Waals surface area contributed by atoms with Crippen molar-refractivity contribution in [2.45, 2.75) is 18.4 Å². The minimum atomic E-state index is -3.81. The van der Waals surface area contributed by atoms with Crippen LogP contribution in [0.25, 0.3) is 10.2 Å². The van der Waals surface area contributed by atoms with Crippen molar-refractivity contribution in [1.82, 2.24) is 14.3 Å². The number of nitrogens with two attached hydrogens (primary N) is 1. The van der Waals surface area contributed by atoms with Crippen LogP contribution in [0.2, 0.25) is 0 Å². The Labute approximate surface area is 154 Å². The molecule has 0 aliphatic heterocycles. The summed E-state index contributed by atoms with van der Waals surface area (Å²) in [5.41, 5.74) is 1.88. The first-order valence-electron chi connectivity index (χ1n) is 7.57. The molecule has 2 heterocycles. The number of primary sulfonamides is 1. The van der Waals surface area contributed by atoms with Gasteiger partial charge in [0.15, 0.2) is 4.80 Å². The van der Waals surface area contributed by atoms with Crippen molar-refractivity contribution in [3.05, 3.63) is 53.1 Å². The Morgan fingerprint density at radius 3 is 2.77 bits per heavy atom. The number of rotatable bonds is 4. The van der Waals surface area contributed by atoms with Crippen molar-refractivity contribution in [2.75, 3.05) is 0 Å². The molecule has 2 N–H and O–H groups in total. The highest BCUT2D eigenvalue weighted by molar-refractivity contribution is 7.89. The van der Waals surface area contributed by atoms with E-state index in [1.165, 1.54) is 28.2 Å². The topological polar surface area (TPSA) is 112 Å². The van der Waals surface area contributed by atoms with Gasteiger partial charge in [-0.1, -0.05) is 17.4 Å². The molecule has 0 saturated carbocycles. The van der Waals surface area contributed by atoms with E-state index < -0.39 is 15.9 Å². The number of benzene rings is 1. The Morgan fingerprint density at radius 2 is 2.19 bits per heavy atom. The highest BCUT2D eigenvalue weighted by atomic mass is 32.2. The van der Waals surface area contributed by atoms with Crippen LogP contribution in [0.3, 0.4) is 0 Å². The molecule has 0 saturated heterocycles. The first-order valence-corrected chi connectivity index (χ1v) is 9.93. The molecule has 2 aromatic heterocycles. The molecular formula is C16H17N5O3S2. The number of carbonyl (C=O) groups excluding carboxylic acids is 1. The number of sulfonamides is 1. The van der Waals surface area contributed by atoms with Gasteiger partial charge in [-0.15, -0.1) is 6.58 Å². The molecule has 0 unspecified atom stereocenters. The van der Waals surface area contributed by atoms with E-state index >= 15 is 0 Å². The minimum absolute atomic E-state index is 0.0114. The normalized spacial score (nSPS) is 12.7. The summed E-state index contributed by atoms with van der Waals surface area (Å²) < 4.78 is 27.1. The predicted molar refractivity (Wildman–Crippen MR) is 99.2 cm³/mol. The summed E-state index contributed by atoms with van der Waals surface area (Å²) in [6.45, 7) is 5.94. The van der Waals surface area contributed by atoms with Crippen molar-refractivity contribution in [1.29, 1.82) is 0 Å². The Hall–Kier alpha value is -2.56. The van der Waals surface area contributed by atoms with Crippen LogP contribution < -0.4 is 9.94 Å². The molecule has 136 valence electrons. The van der Waals surface area contributed by atoms with Gasteiger partial charge in [-0.25, -0.2) is 13.6 Å². The summed E-state index contributed by atoms with van der Waals surface area (Å²) in [6, 6.07) is 4.56. The van der Waals surface area contributed by atoms with Crippen molar-refractivity contribution in [3.63, 3.8) is 0 Å². The zero-order chi connectivity index (χ0) is 19.1. The summed E-state index contributed by atoms with van der Waals surface area (Å²) in [5.74, 6) is -0.418. The molecule has 0 aliphatic rings. The number of fused-ring (bicyclic) bond motifs is 1. The smallest absolute Gasteiger partial charge is 0.298 e. The van der Waals surface area contributed by atoms with Gasteiger partial charge in [0.2, 0.25) is 10.0 Å². The minimum Gasteiger partial charge on any atom is -0.312 e. The fraction of sp³-hybridized carbons (Fsp3) is 0.188. The standard InChI is InChI=1S/C16H17N5O3S2/c1-4-7-21-12-6-5-11(26(17,23)24)8-13(12)25-16(21)19-15(22)14-10(2)9-18-20(14)3/h4-6,8-9H,1,7H2,2-3H3,(H2,17,23,24). The number of aromatic nitrogens is 3. The quantitative estimate of drug-likeness (QED) is 0.676. The number of hydrogen-bond acceptors (Lipinski definition) is 5. The third kappa shape index (κ3) is 3.26. The van der Waals surface area contributed by atoms with E-state index in [4.69, 9.17) is 5.14 Å². The maximum atomic E-state index is 12.6. The molecule has 1 aromatic carbocycles. The van der Waals surface area contributed by atoms with E-state index in [0.717, 1.165) is 11.1 Å². The monoisotopic (exact) mass is 391 g/mol. The third-order valence-electron chi connectivity index (χ3n) is 3.82. The van der Waals surface area contributed by atoms with Gasteiger partial charge < -0.3 is 4.57 Å². The molecule has 0 bridgehead atoms. The van der Waals surface area contributed by atoms with Crippen LogP contribution in [0.1, 0.15) is 16.1 Å². The summed E-state index contributed by atoms with van der Waals surface area (Å²) in [6.07, 6.45) is 3.28. The van der Waals surface area contributed by atoms with Crippen LogP contribution in [0.15, 0.2) is 46.9 Å². The number of allylic oxidation sites excluding steroid dienone is 1. The molecule has 0 atom stereocenters. The van der Waals surface area contributed by atoms with Crippen LogP contribution in [0, 0.1) is 6.92 Å². The largest absolute Gasteiger partial charge is 0.312 e. The van der Waals surface area contributed by atoms with Crippen LogP contribution in [-0.4, -0.2) is 28.7 Å². The highest BCUT2D eigenvalue weighted by Crippen LogP contribution is 2.21. The van der Waals surface area contributed by atoms with Crippen LogP contribution in [-0.2, 0) is 23.6 Å². The fourth-order valence-corrected chi connectivity index (χ4v) is 4.31. The molecule has 3 aromatic rings. The van der Waals surface area contributed by atoms with E-state index in [0.29, 0.717) is 21.7 Å². The number of aryl methyl sites for hydroxylation is 2. The lowest BCUT2D eigenvalue weighted by Crippen LogP contribution is -2.17. The second-order valence-electron chi connectivity index (χ2n) is 5.68. The molecule has 0 fully saturated rings. The molecule has 8 nitrogen and oxygen atoms in total. The number of amides is 1. The maximum Gasteiger partial charge on any atom is 0.298 e. The van der Waals surface area contributed by atoms with Gasteiger partial charge in [-0.3, -0.25) is 9.48 Å². The van der Waals surface area contributed by atoms with Gasteiger partial charge in [0.25, 0.3) is 5.91 Å².